The van der Waals surface area contributed by atoms with E-state index >= 15 is 0 Å². The van der Waals surface area contributed by atoms with Gasteiger partial charge in [-0.1, -0.05) is 23.7 Å². The molecule has 1 N–H and O–H groups in total. The van der Waals surface area contributed by atoms with Crippen LogP contribution in [0.15, 0.2) is 36.4 Å². The number of carbonyl (C=O) groups excluding carboxylic acids is 1. The van der Waals surface area contributed by atoms with Crippen LogP contribution in [-0.2, 0) is 16.0 Å². The van der Waals surface area contributed by atoms with Gasteiger partial charge in [-0.3, -0.25) is 4.79 Å². The van der Waals surface area contributed by atoms with Crippen LogP contribution in [0.4, 0.5) is 0 Å². The summed E-state index contributed by atoms with van der Waals surface area (Å²) in [4.78, 5) is 14.1. The van der Waals surface area contributed by atoms with E-state index < -0.39 is 0 Å². The molecule has 0 bridgehead atoms. The average Bonchev–Trinajstić information content (AvgIpc) is 2.95. The number of ether oxygens (including phenoxy) is 1. The SMILES string of the molecule is CC(C)OCCCNC(=O)Cc1ccc(-c2ccc(Cl)cc2)s1. The van der Waals surface area contributed by atoms with Gasteiger partial charge in [-0.25, -0.2) is 0 Å². The van der Waals surface area contributed by atoms with Crippen LogP contribution in [0.3, 0.4) is 0 Å². The number of nitrogens with one attached hydrogen (secondary N) is 1. The molecule has 1 amide bonds. The van der Waals surface area contributed by atoms with Gasteiger partial charge in [-0.05, 0) is 50.1 Å². The molecule has 0 spiro atoms. The minimum atomic E-state index is 0.0547. The fourth-order valence-corrected chi connectivity index (χ4v) is 3.22. The molecule has 5 heteroatoms. The van der Waals surface area contributed by atoms with Gasteiger partial charge in [-0.15, -0.1) is 11.3 Å². The number of halogens is 1. The van der Waals surface area contributed by atoms with Crippen molar-refractivity contribution in [1.82, 2.24) is 5.32 Å². The highest BCUT2D eigenvalue weighted by molar-refractivity contribution is 7.15. The molecule has 0 aliphatic rings. The molecule has 0 radical (unpaired) electrons. The van der Waals surface area contributed by atoms with E-state index in [0.717, 1.165) is 26.8 Å². The van der Waals surface area contributed by atoms with Crippen molar-refractivity contribution in [3.8, 4) is 10.4 Å². The molecule has 2 aromatic rings. The number of hydrogen-bond acceptors (Lipinski definition) is 3. The highest BCUT2D eigenvalue weighted by Crippen LogP contribution is 2.29. The second-order valence-corrected chi connectivity index (χ2v) is 7.18. The van der Waals surface area contributed by atoms with Gasteiger partial charge in [0, 0.05) is 27.9 Å². The molecule has 0 unspecified atom stereocenters. The number of carbonyl (C=O) groups is 1. The number of rotatable bonds is 8. The van der Waals surface area contributed by atoms with Gasteiger partial charge >= 0.3 is 0 Å². The molecular formula is C18H22ClNO2S. The zero-order valence-corrected chi connectivity index (χ0v) is 15.0. The summed E-state index contributed by atoms with van der Waals surface area (Å²) in [5.74, 6) is 0.0547. The van der Waals surface area contributed by atoms with Crippen LogP contribution in [0.2, 0.25) is 5.02 Å². The fraction of sp³-hybridized carbons (Fsp3) is 0.389. The van der Waals surface area contributed by atoms with Gasteiger partial charge in [0.25, 0.3) is 0 Å². The maximum Gasteiger partial charge on any atom is 0.225 e. The molecule has 2 rings (SSSR count). The lowest BCUT2D eigenvalue weighted by atomic mass is 10.2. The Kier molecular flexibility index (Phi) is 7.09. The van der Waals surface area contributed by atoms with Gasteiger partial charge in [0.1, 0.15) is 0 Å². The molecular weight excluding hydrogens is 330 g/mol. The first-order chi connectivity index (χ1) is 11.0. The number of thiophene rings is 1. The van der Waals surface area contributed by atoms with Crippen molar-refractivity contribution in [3.63, 3.8) is 0 Å². The number of benzene rings is 1. The van der Waals surface area contributed by atoms with E-state index in [0.29, 0.717) is 19.6 Å². The monoisotopic (exact) mass is 351 g/mol. The van der Waals surface area contributed by atoms with E-state index in [1.54, 1.807) is 11.3 Å². The Morgan fingerprint density at radius 1 is 1.22 bits per heavy atom. The Labute approximate surface area is 146 Å². The predicted molar refractivity (Wildman–Crippen MR) is 97.2 cm³/mol. The van der Waals surface area contributed by atoms with Crippen molar-refractivity contribution in [1.29, 1.82) is 0 Å². The maximum absolute atomic E-state index is 11.9. The zero-order valence-electron chi connectivity index (χ0n) is 13.5. The van der Waals surface area contributed by atoms with Crippen LogP contribution in [0.1, 0.15) is 25.1 Å². The molecule has 1 heterocycles. The minimum Gasteiger partial charge on any atom is -0.379 e. The zero-order chi connectivity index (χ0) is 16.7. The lowest BCUT2D eigenvalue weighted by Gasteiger charge is -2.07. The van der Waals surface area contributed by atoms with E-state index in [-0.39, 0.29) is 12.0 Å². The number of hydrogen-bond donors (Lipinski definition) is 1. The Bertz CT molecular complexity index is 622. The smallest absolute Gasteiger partial charge is 0.225 e. The van der Waals surface area contributed by atoms with Crippen molar-refractivity contribution >= 4 is 28.8 Å². The van der Waals surface area contributed by atoms with E-state index in [9.17, 15) is 4.79 Å². The molecule has 0 saturated heterocycles. The second kappa shape index (κ2) is 9.06. The molecule has 124 valence electrons. The van der Waals surface area contributed by atoms with E-state index in [2.05, 4.69) is 5.32 Å². The van der Waals surface area contributed by atoms with Gasteiger partial charge in [0.2, 0.25) is 5.91 Å². The topological polar surface area (TPSA) is 38.3 Å². The van der Waals surface area contributed by atoms with E-state index in [1.165, 1.54) is 0 Å². The average molecular weight is 352 g/mol. The summed E-state index contributed by atoms with van der Waals surface area (Å²) in [7, 11) is 0. The predicted octanol–water partition coefficient (Wildman–Crippen LogP) is 4.54. The van der Waals surface area contributed by atoms with Gasteiger partial charge in [-0.2, -0.15) is 0 Å². The summed E-state index contributed by atoms with van der Waals surface area (Å²) < 4.78 is 5.44. The normalized spacial score (nSPS) is 11.0. The van der Waals surface area contributed by atoms with Crippen molar-refractivity contribution in [2.75, 3.05) is 13.2 Å². The molecule has 1 aromatic carbocycles. The van der Waals surface area contributed by atoms with E-state index in [1.807, 2.05) is 50.2 Å². The molecule has 0 aliphatic heterocycles. The third-order valence-electron chi connectivity index (χ3n) is 3.22. The molecule has 1 aromatic heterocycles. The summed E-state index contributed by atoms with van der Waals surface area (Å²) in [6.45, 7) is 5.35. The lowest BCUT2D eigenvalue weighted by molar-refractivity contribution is -0.120. The Morgan fingerprint density at radius 2 is 1.96 bits per heavy atom. The van der Waals surface area contributed by atoms with Crippen LogP contribution in [0.25, 0.3) is 10.4 Å². The van der Waals surface area contributed by atoms with Crippen LogP contribution in [-0.4, -0.2) is 25.2 Å². The molecule has 23 heavy (non-hydrogen) atoms. The molecule has 0 fully saturated rings. The molecule has 0 atom stereocenters. The third kappa shape index (κ3) is 6.34. The fourth-order valence-electron chi connectivity index (χ4n) is 2.08. The Hall–Kier alpha value is -1.36. The summed E-state index contributed by atoms with van der Waals surface area (Å²) in [5, 5.41) is 3.66. The van der Waals surface area contributed by atoms with Crippen molar-refractivity contribution in [2.24, 2.45) is 0 Å². The van der Waals surface area contributed by atoms with Crippen LogP contribution in [0, 0.1) is 0 Å². The Balaban J connectivity index is 1.77. The minimum absolute atomic E-state index is 0.0547. The standard InChI is InChI=1S/C18H22ClNO2S/c1-13(2)22-11-3-10-20-18(21)12-16-8-9-17(23-16)14-4-6-15(19)7-5-14/h4-9,13H,3,10-12H2,1-2H3,(H,20,21). The first-order valence-corrected chi connectivity index (χ1v) is 8.97. The van der Waals surface area contributed by atoms with E-state index in [4.69, 9.17) is 16.3 Å². The van der Waals surface area contributed by atoms with Crippen LogP contribution < -0.4 is 5.32 Å². The van der Waals surface area contributed by atoms with Crippen molar-refractivity contribution in [2.45, 2.75) is 32.8 Å². The van der Waals surface area contributed by atoms with Crippen LogP contribution in [0.5, 0.6) is 0 Å². The molecule has 0 aliphatic carbocycles. The van der Waals surface area contributed by atoms with Gasteiger partial charge < -0.3 is 10.1 Å². The van der Waals surface area contributed by atoms with Crippen molar-refractivity contribution < 1.29 is 9.53 Å². The van der Waals surface area contributed by atoms with Gasteiger partial charge in [0.05, 0.1) is 12.5 Å². The summed E-state index contributed by atoms with van der Waals surface area (Å²) >= 11 is 7.54. The summed E-state index contributed by atoms with van der Waals surface area (Å²) in [6.07, 6.45) is 1.50. The quantitative estimate of drug-likeness (QED) is 0.709. The van der Waals surface area contributed by atoms with Crippen molar-refractivity contribution in [3.05, 3.63) is 46.3 Å². The molecule has 0 saturated carbocycles. The Morgan fingerprint density at radius 3 is 2.65 bits per heavy atom. The van der Waals surface area contributed by atoms with Crippen LogP contribution >= 0.6 is 22.9 Å². The largest absolute Gasteiger partial charge is 0.379 e. The maximum atomic E-state index is 11.9. The lowest BCUT2D eigenvalue weighted by Crippen LogP contribution is -2.26. The molecule has 3 nitrogen and oxygen atoms in total. The first-order valence-electron chi connectivity index (χ1n) is 7.77. The summed E-state index contributed by atoms with van der Waals surface area (Å²) in [6, 6.07) is 11.8. The third-order valence-corrected chi connectivity index (χ3v) is 4.61. The first kappa shape index (κ1) is 18.0. The summed E-state index contributed by atoms with van der Waals surface area (Å²) in [5.41, 5.74) is 1.12. The highest BCUT2D eigenvalue weighted by Gasteiger charge is 2.07. The second-order valence-electron chi connectivity index (χ2n) is 5.57. The number of amides is 1. The van der Waals surface area contributed by atoms with Gasteiger partial charge in [0.15, 0.2) is 0 Å². The highest BCUT2D eigenvalue weighted by atomic mass is 35.5.